The molecule has 0 aliphatic carbocycles. The number of nitrogens with one attached hydrogen (secondary N) is 1. The van der Waals surface area contributed by atoms with Crippen LogP contribution in [0.25, 0.3) is 0 Å². The van der Waals surface area contributed by atoms with Crippen molar-refractivity contribution >= 4 is 21.4 Å². The highest BCUT2D eigenvalue weighted by atomic mass is 32.2. The van der Waals surface area contributed by atoms with Gasteiger partial charge in [0.25, 0.3) is 0 Å². The van der Waals surface area contributed by atoms with Crippen LogP contribution in [-0.4, -0.2) is 26.1 Å². The number of amides is 1. The van der Waals surface area contributed by atoms with Gasteiger partial charge >= 0.3 is 0 Å². The average Bonchev–Trinajstić information content (AvgIpc) is 2.34. The molecule has 7 heteroatoms. The number of nitrogen functional groups attached to an aromatic ring is 1. The summed E-state index contributed by atoms with van der Waals surface area (Å²) >= 11 is 0. The number of halogens is 1. The molecule has 20 heavy (non-hydrogen) atoms. The lowest BCUT2D eigenvalue weighted by molar-refractivity contribution is -0.119. The van der Waals surface area contributed by atoms with Crippen LogP contribution in [-0.2, 0) is 14.6 Å². The Bertz CT molecular complexity index is 583. The topological polar surface area (TPSA) is 89.3 Å². The van der Waals surface area contributed by atoms with Gasteiger partial charge in [-0.25, -0.2) is 12.8 Å². The zero-order valence-electron chi connectivity index (χ0n) is 11.5. The van der Waals surface area contributed by atoms with Crippen LogP contribution in [0.15, 0.2) is 23.1 Å². The average molecular weight is 302 g/mol. The van der Waals surface area contributed by atoms with E-state index in [0.717, 1.165) is 31.0 Å². The van der Waals surface area contributed by atoms with Crippen molar-refractivity contribution in [3.63, 3.8) is 0 Å². The number of anilines is 1. The fourth-order valence-electron chi connectivity index (χ4n) is 1.82. The van der Waals surface area contributed by atoms with Gasteiger partial charge in [0.1, 0.15) is 11.6 Å². The van der Waals surface area contributed by atoms with Gasteiger partial charge in [0.15, 0.2) is 9.84 Å². The van der Waals surface area contributed by atoms with E-state index >= 15 is 0 Å². The first-order valence-electron chi connectivity index (χ1n) is 6.37. The highest BCUT2D eigenvalue weighted by molar-refractivity contribution is 7.92. The molecule has 1 amide bonds. The summed E-state index contributed by atoms with van der Waals surface area (Å²) < 4.78 is 37.0. The quantitative estimate of drug-likeness (QED) is 0.615. The standard InChI is InChI=1S/C13H19FN2O3S/c1-3-10(4-2)16-13(17)8-20(18,19)12-6-5-9(14)7-11(12)15/h5-7,10H,3-4,8,15H2,1-2H3,(H,16,17). The van der Waals surface area contributed by atoms with Crippen LogP contribution < -0.4 is 11.1 Å². The lowest BCUT2D eigenvalue weighted by atomic mass is 10.2. The minimum atomic E-state index is -3.87. The number of sulfone groups is 1. The van der Waals surface area contributed by atoms with E-state index in [9.17, 15) is 17.6 Å². The smallest absolute Gasteiger partial charge is 0.235 e. The highest BCUT2D eigenvalue weighted by Gasteiger charge is 2.23. The Morgan fingerprint density at radius 2 is 1.95 bits per heavy atom. The number of nitrogens with two attached hydrogens (primary N) is 1. The predicted molar refractivity (Wildman–Crippen MR) is 75.4 cm³/mol. The molecule has 0 aromatic heterocycles. The van der Waals surface area contributed by atoms with Crippen molar-refractivity contribution < 1.29 is 17.6 Å². The van der Waals surface area contributed by atoms with Gasteiger partial charge in [-0.1, -0.05) is 13.8 Å². The number of carbonyl (C=O) groups excluding carboxylic acids is 1. The molecule has 0 spiro atoms. The molecular formula is C13H19FN2O3S. The molecule has 0 aliphatic rings. The first-order valence-corrected chi connectivity index (χ1v) is 8.02. The van der Waals surface area contributed by atoms with E-state index in [4.69, 9.17) is 5.73 Å². The third kappa shape index (κ3) is 4.19. The molecule has 3 N–H and O–H groups in total. The Morgan fingerprint density at radius 3 is 2.45 bits per heavy atom. The van der Waals surface area contributed by atoms with Gasteiger partial charge in [0.05, 0.1) is 10.6 Å². The molecule has 1 rings (SSSR count). The minimum absolute atomic E-state index is 0.0525. The lowest BCUT2D eigenvalue weighted by Gasteiger charge is -2.15. The number of benzene rings is 1. The third-order valence-corrected chi connectivity index (χ3v) is 4.66. The van der Waals surface area contributed by atoms with Crippen LogP contribution in [0, 0.1) is 5.82 Å². The van der Waals surface area contributed by atoms with Crippen LogP contribution in [0.5, 0.6) is 0 Å². The first kappa shape index (κ1) is 16.4. The number of hydrogen-bond acceptors (Lipinski definition) is 4. The van der Waals surface area contributed by atoms with E-state index in [1.807, 2.05) is 13.8 Å². The molecule has 1 aromatic carbocycles. The van der Waals surface area contributed by atoms with Crippen LogP contribution >= 0.6 is 0 Å². The molecule has 0 saturated carbocycles. The Morgan fingerprint density at radius 1 is 1.35 bits per heavy atom. The largest absolute Gasteiger partial charge is 0.398 e. The molecule has 0 saturated heterocycles. The van der Waals surface area contributed by atoms with Gasteiger partial charge in [-0.15, -0.1) is 0 Å². The van der Waals surface area contributed by atoms with Gasteiger partial charge in [-0.3, -0.25) is 4.79 Å². The van der Waals surface area contributed by atoms with Crippen molar-refractivity contribution in [2.24, 2.45) is 0 Å². The van der Waals surface area contributed by atoms with E-state index in [-0.39, 0.29) is 16.6 Å². The van der Waals surface area contributed by atoms with E-state index in [0.29, 0.717) is 0 Å². The van der Waals surface area contributed by atoms with Crippen LogP contribution in [0.3, 0.4) is 0 Å². The summed E-state index contributed by atoms with van der Waals surface area (Å²) in [5, 5.41) is 2.64. The maximum Gasteiger partial charge on any atom is 0.235 e. The molecule has 0 unspecified atom stereocenters. The fourth-order valence-corrected chi connectivity index (χ4v) is 3.09. The van der Waals surface area contributed by atoms with Crippen LogP contribution in [0.1, 0.15) is 26.7 Å². The molecule has 0 fully saturated rings. The maximum atomic E-state index is 12.9. The summed E-state index contributed by atoms with van der Waals surface area (Å²) in [5.41, 5.74) is 5.29. The van der Waals surface area contributed by atoms with Crippen molar-refractivity contribution in [2.45, 2.75) is 37.6 Å². The number of carbonyl (C=O) groups is 1. The number of hydrogen-bond donors (Lipinski definition) is 2. The van der Waals surface area contributed by atoms with E-state index < -0.39 is 27.3 Å². The summed E-state index contributed by atoms with van der Waals surface area (Å²) in [6, 6.07) is 2.95. The zero-order chi connectivity index (χ0) is 15.3. The second-order valence-electron chi connectivity index (χ2n) is 4.52. The minimum Gasteiger partial charge on any atom is -0.398 e. The van der Waals surface area contributed by atoms with Gasteiger partial charge in [0, 0.05) is 6.04 Å². The molecule has 112 valence electrons. The molecule has 0 bridgehead atoms. The van der Waals surface area contributed by atoms with Crippen molar-refractivity contribution in [3.8, 4) is 0 Å². The Hall–Kier alpha value is -1.63. The molecule has 1 aromatic rings. The third-order valence-electron chi connectivity index (χ3n) is 2.98. The molecular weight excluding hydrogens is 283 g/mol. The van der Waals surface area contributed by atoms with Crippen LogP contribution in [0.2, 0.25) is 0 Å². The molecule has 5 nitrogen and oxygen atoms in total. The van der Waals surface area contributed by atoms with Crippen molar-refractivity contribution in [3.05, 3.63) is 24.0 Å². The van der Waals surface area contributed by atoms with Crippen molar-refractivity contribution in [1.82, 2.24) is 5.32 Å². The molecule has 0 aliphatic heterocycles. The maximum absolute atomic E-state index is 12.9. The van der Waals surface area contributed by atoms with Gasteiger partial charge in [-0.2, -0.15) is 0 Å². The summed E-state index contributed by atoms with van der Waals surface area (Å²) in [4.78, 5) is 11.5. The van der Waals surface area contributed by atoms with Crippen molar-refractivity contribution in [1.29, 1.82) is 0 Å². The van der Waals surface area contributed by atoms with Crippen molar-refractivity contribution in [2.75, 3.05) is 11.5 Å². The van der Waals surface area contributed by atoms with Gasteiger partial charge < -0.3 is 11.1 Å². The van der Waals surface area contributed by atoms with E-state index in [1.54, 1.807) is 0 Å². The summed E-state index contributed by atoms with van der Waals surface area (Å²) in [5.74, 6) is -1.90. The zero-order valence-corrected chi connectivity index (χ0v) is 12.3. The normalized spacial score (nSPS) is 11.6. The van der Waals surface area contributed by atoms with E-state index in [2.05, 4.69) is 5.32 Å². The lowest BCUT2D eigenvalue weighted by Crippen LogP contribution is -2.37. The predicted octanol–water partition coefficient (Wildman–Crippen LogP) is 1.49. The Kier molecular flexibility index (Phi) is 5.50. The van der Waals surface area contributed by atoms with Gasteiger partial charge in [0.2, 0.25) is 5.91 Å². The summed E-state index contributed by atoms with van der Waals surface area (Å²) in [6.07, 6.45) is 1.45. The molecule has 0 radical (unpaired) electrons. The van der Waals surface area contributed by atoms with Gasteiger partial charge in [-0.05, 0) is 31.0 Å². The van der Waals surface area contributed by atoms with E-state index in [1.165, 1.54) is 0 Å². The Labute approximate surface area is 118 Å². The first-order chi connectivity index (χ1) is 9.30. The summed E-state index contributed by atoms with van der Waals surface area (Å²) in [7, 11) is -3.87. The monoisotopic (exact) mass is 302 g/mol. The highest BCUT2D eigenvalue weighted by Crippen LogP contribution is 2.20. The fraction of sp³-hybridized carbons (Fsp3) is 0.462. The molecule has 0 heterocycles. The summed E-state index contributed by atoms with van der Waals surface area (Å²) in [6.45, 7) is 3.81. The second kappa shape index (κ2) is 6.69. The van der Waals surface area contributed by atoms with Crippen LogP contribution in [0.4, 0.5) is 10.1 Å². The Balaban J connectivity index is 2.87. The second-order valence-corrected chi connectivity index (χ2v) is 6.48. The number of rotatable bonds is 6. The molecule has 0 atom stereocenters. The SMILES string of the molecule is CCC(CC)NC(=O)CS(=O)(=O)c1ccc(F)cc1N.